The molecule has 3 atom stereocenters. The molecule has 2 saturated heterocycles. The van der Waals surface area contributed by atoms with Crippen molar-refractivity contribution in [1.82, 2.24) is 15.2 Å². The number of urea groups is 1. The van der Waals surface area contributed by atoms with Crippen LogP contribution in [0.4, 0.5) is 4.79 Å². The van der Waals surface area contributed by atoms with Crippen molar-refractivity contribution in [3.63, 3.8) is 0 Å². The summed E-state index contributed by atoms with van der Waals surface area (Å²) >= 11 is 1.56. The van der Waals surface area contributed by atoms with Gasteiger partial charge in [-0.3, -0.25) is 4.90 Å². The first-order chi connectivity index (χ1) is 14.1. The van der Waals surface area contributed by atoms with Gasteiger partial charge in [0.2, 0.25) is 0 Å². The monoisotopic (exact) mass is 408 g/mol. The first-order valence-electron chi connectivity index (χ1n) is 10.1. The second-order valence-corrected chi connectivity index (χ2v) is 8.92. The highest BCUT2D eigenvalue weighted by molar-refractivity contribution is 7.20. The average Bonchev–Trinajstić information content (AvgIpc) is 3.20. The summed E-state index contributed by atoms with van der Waals surface area (Å²) < 4.78 is 7.08. The zero-order valence-corrected chi connectivity index (χ0v) is 16.9. The van der Waals surface area contributed by atoms with Gasteiger partial charge in [-0.15, -0.1) is 0 Å². The maximum Gasteiger partial charge on any atom is 0.312 e. The fraction of sp³-hybridized carbons (Fsp3) is 0.364. The second-order valence-electron chi connectivity index (χ2n) is 7.93. The van der Waals surface area contributed by atoms with Crippen LogP contribution in [0.1, 0.15) is 31.2 Å². The lowest BCUT2D eigenvalue weighted by molar-refractivity contribution is 0.112. The Morgan fingerprint density at radius 1 is 1.14 bits per heavy atom. The lowest BCUT2D eigenvalue weighted by Crippen LogP contribution is -2.51. The Labute approximate surface area is 173 Å². The van der Waals surface area contributed by atoms with Gasteiger partial charge in [0, 0.05) is 24.7 Å². The summed E-state index contributed by atoms with van der Waals surface area (Å²) in [5.41, 5.74) is 7.55. The highest BCUT2D eigenvalue weighted by atomic mass is 32.1. The van der Waals surface area contributed by atoms with Gasteiger partial charge in [-0.25, -0.2) is 9.78 Å². The van der Waals surface area contributed by atoms with Gasteiger partial charge < -0.3 is 15.8 Å². The van der Waals surface area contributed by atoms with Crippen molar-refractivity contribution >= 4 is 27.6 Å². The van der Waals surface area contributed by atoms with E-state index in [1.54, 1.807) is 11.3 Å². The summed E-state index contributed by atoms with van der Waals surface area (Å²) in [7, 11) is 0. The van der Waals surface area contributed by atoms with Gasteiger partial charge in [0.05, 0.1) is 10.2 Å². The van der Waals surface area contributed by atoms with E-state index in [0.717, 1.165) is 35.4 Å². The molecule has 0 radical (unpaired) electrons. The van der Waals surface area contributed by atoms with Crippen LogP contribution in [0.3, 0.4) is 0 Å². The minimum atomic E-state index is -0.411. The van der Waals surface area contributed by atoms with Crippen LogP contribution in [-0.4, -0.2) is 34.0 Å². The van der Waals surface area contributed by atoms with Crippen LogP contribution in [-0.2, 0) is 6.54 Å². The normalized spacial score (nSPS) is 23.9. The summed E-state index contributed by atoms with van der Waals surface area (Å²) in [4.78, 5) is 18.3. The smallest absolute Gasteiger partial charge is 0.312 e. The summed E-state index contributed by atoms with van der Waals surface area (Å²) in [6, 6.07) is 17.2. The van der Waals surface area contributed by atoms with Gasteiger partial charge in [-0.2, -0.15) is 0 Å². The van der Waals surface area contributed by atoms with Crippen molar-refractivity contribution in [2.45, 2.75) is 50.4 Å². The number of piperidine rings is 1. The number of fused-ring (bicyclic) bond motifs is 3. The number of rotatable bonds is 5. The summed E-state index contributed by atoms with van der Waals surface area (Å²) in [5, 5.41) is 3.57. The number of hydrogen-bond donors (Lipinski definition) is 2. The largest absolute Gasteiger partial charge is 0.431 e. The predicted octanol–water partition coefficient (Wildman–Crippen LogP) is 4.25. The molecule has 2 aliphatic rings. The fourth-order valence-corrected chi connectivity index (χ4v) is 5.56. The van der Waals surface area contributed by atoms with Crippen molar-refractivity contribution in [1.29, 1.82) is 0 Å². The number of amides is 2. The van der Waals surface area contributed by atoms with E-state index in [1.807, 2.05) is 30.3 Å². The second kappa shape index (κ2) is 7.65. The fourth-order valence-electron chi connectivity index (χ4n) is 4.72. The number of nitrogens with one attached hydrogen (secondary N) is 1. The number of nitrogens with zero attached hydrogens (tertiary/aromatic N) is 2. The molecule has 3 N–H and O–H groups in total. The van der Waals surface area contributed by atoms with Gasteiger partial charge >= 0.3 is 6.03 Å². The standard InChI is InChI=1S/C22H24N4O2S/c23-21(27)24-15-11-16-7-8-17(12-15)26(16)13-14-5-9-18(10-6-14)28-22-25-19-3-1-2-4-20(19)29-22/h1-6,9-10,15-17H,7-8,11-13H2,(H3,23,24,27)/t15?,16-,17+. The Morgan fingerprint density at radius 3 is 2.55 bits per heavy atom. The molecule has 3 heterocycles. The van der Waals surface area contributed by atoms with Crippen LogP contribution < -0.4 is 15.8 Å². The number of carbonyl (C=O) groups is 1. The van der Waals surface area contributed by atoms with Gasteiger partial charge in [-0.1, -0.05) is 35.6 Å². The number of hydrogen-bond acceptors (Lipinski definition) is 5. The van der Waals surface area contributed by atoms with Crippen LogP contribution >= 0.6 is 11.3 Å². The van der Waals surface area contributed by atoms with Gasteiger partial charge in [0.15, 0.2) is 0 Å². The van der Waals surface area contributed by atoms with Crippen molar-refractivity contribution in [2.75, 3.05) is 0 Å². The van der Waals surface area contributed by atoms with E-state index >= 15 is 0 Å². The Hall–Kier alpha value is -2.64. The number of nitrogens with two attached hydrogens (primary N) is 1. The van der Waals surface area contributed by atoms with E-state index in [4.69, 9.17) is 10.5 Å². The molecule has 0 aliphatic carbocycles. The number of aromatic nitrogens is 1. The third kappa shape index (κ3) is 3.93. The van der Waals surface area contributed by atoms with Crippen molar-refractivity contribution in [3.05, 3.63) is 54.1 Å². The van der Waals surface area contributed by atoms with Crippen LogP contribution in [0.15, 0.2) is 48.5 Å². The maximum absolute atomic E-state index is 11.2. The number of benzene rings is 2. The summed E-state index contributed by atoms with van der Waals surface area (Å²) in [5.74, 6) is 0.806. The van der Waals surface area contributed by atoms with E-state index in [1.165, 1.54) is 18.4 Å². The molecule has 150 valence electrons. The number of primary amides is 1. The zero-order valence-electron chi connectivity index (χ0n) is 16.1. The van der Waals surface area contributed by atoms with Crippen molar-refractivity contribution in [3.8, 4) is 10.9 Å². The molecule has 7 heteroatoms. The molecule has 2 bridgehead atoms. The Kier molecular flexibility index (Phi) is 4.85. The first kappa shape index (κ1) is 18.4. The molecule has 0 saturated carbocycles. The lowest BCUT2D eigenvalue weighted by atomic mass is 9.96. The van der Waals surface area contributed by atoms with E-state index in [-0.39, 0.29) is 6.04 Å². The highest BCUT2D eigenvalue weighted by Crippen LogP contribution is 2.37. The van der Waals surface area contributed by atoms with E-state index in [2.05, 4.69) is 33.4 Å². The minimum Gasteiger partial charge on any atom is -0.431 e. The molecular weight excluding hydrogens is 384 g/mol. The van der Waals surface area contributed by atoms with Gasteiger partial charge in [0.1, 0.15) is 5.75 Å². The van der Waals surface area contributed by atoms with Crippen LogP contribution in [0, 0.1) is 0 Å². The third-order valence-corrected chi connectivity index (χ3v) is 6.91. The SMILES string of the molecule is NC(=O)NC1C[C@H]2CC[C@@H](C1)N2Cc1ccc(Oc2nc3ccccc3s2)cc1. The summed E-state index contributed by atoms with van der Waals surface area (Å²) in [6.07, 6.45) is 4.36. The molecule has 2 amide bonds. The molecule has 29 heavy (non-hydrogen) atoms. The molecule has 3 aromatic rings. The topological polar surface area (TPSA) is 80.5 Å². The van der Waals surface area contributed by atoms with Crippen LogP contribution in [0.25, 0.3) is 10.2 Å². The quantitative estimate of drug-likeness (QED) is 0.661. The molecule has 1 unspecified atom stereocenters. The molecule has 2 aromatic carbocycles. The van der Waals surface area contributed by atoms with Crippen LogP contribution in [0.5, 0.6) is 10.9 Å². The number of thiazole rings is 1. The molecule has 5 rings (SSSR count). The third-order valence-electron chi connectivity index (χ3n) is 6.00. The van der Waals surface area contributed by atoms with Gasteiger partial charge in [0.25, 0.3) is 5.19 Å². The average molecular weight is 409 g/mol. The Morgan fingerprint density at radius 2 is 1.86 bits per heavy atom. The maximum atomic E-state index is 11.2. The van der Waals surface area contributed by atoms with Crippen molar-refractivity contribution < 1.29 is 9.53 Å². The summed E-state index contributed by atoms with van der Waals surface area (Å²) in [6.45, 7) is 0.931. The Bertz CT molecular complexity index is 972. The van der Waals surface area contributed by atoms with E-state index in [0.29, 0.717) is 17.3 Å². The minimum absolute atomic E-state index is 0.214. The van der Waals surface area contributed by atoms with Gasteiger partial charge in [-0.05, 0) is 55.5 Å². The number of carbonyl (C=O) groups excluding carboxylic acids is 1. The Balaban J connectivity index is 1.22. The molecule has 2 aliphatic heterocycles. The zero-order chi connectivity index (χ0) is 19.8. The number of ether oxygens (including phenoxy) is 1. The number of para-hydroxylation sites is 1. The molecular formula is C22H24N4O2S. The first-order valence-corrected chi connectivity index (χ1v) is 10.9. The molecule has 1 aromatic heterocycles. The highest BCUT2D eigenvalue weighted by Gasteiger charge is 2.40. The van der Waals surface area contributed by atoms with E-state index < -0.39 is 6.03 Å². The molecule has 0 spiro atoms. The lowest BCUT2D eigenvalue weighted by Gasteiger charge is -2.39. The van der Waals surface area contributed by atoms with Crippen LogP contribution in [0.2, 0.25) is 0 Å². The van der Waals surface area contributed by atoms with Crippen molar-refractivity contribution in [2.24, 2.45) is 5.73 Å². The van der Waals surface area contributed by atoms with E-state index in [9.17, 15) is 4.79 Å². The predicted molar refractivity (Wildman–Crippen MR) is 114 cm³/mol. The molecule has 2 fully saturated rings. The molecule has 6 nitrogen and oxygen atoms in total.